The number of benzene rings is 2. The Morgan fingerprint density at radius 3 is 2.79 bits per heavy atom. The molecule has 1 saturated heterocycles. The molecule has 1 aliphatic rings. The zero-order valence-corrected chi connectivity index (χ0v) is 15.9. The van der Waals surface area contributed by atoms with Gasteiger partial charge < -0.3 is 21.1 Å². The molecule has 144 valence electrons. The van der Waals surface area contributed by atoms with Gasteiger partial charge in [-0.05, 0) is 37.6 Å². The zero-order valence-electron chi connectivity index (χ0n) is 15.9. The van der Waals surface area contributed by atoms with Crippen LogP contribution in [0.25, 0.3) is 22.3 Å². The number of para-hydroxylation sites is 2. The van der Waals surface area contributed by atoms with Crippen molar-refractivity contribution in [1.82, 2.24) is 20.6 Å². The highest BCUT2D eigenvalue weighted by molar-refractivity contribution is 5.91. The molecule has 3 aromatic rings. The number of nitrogens with one attached hydrogen (secondary N) is 3. The molecule has 6 nitrogen and oxygen atoms in total. The lowest BCUT2D eigenvalue weighted by Crippen LogP contribution is -2.30. The Morgan fingerprint density at radius 2 is 1.96 bits per heavy atom. The number of rotatable bonds is 6. The Bertz CT molecular complexity index is 1000. The van der Waals surface area contributed by atoms with Crippen molar-refractivity contribution in [2.75, 3.05) is 18.4 Å². The number of aromatic hydroxyl groups is 1. The van der Waals surface area contributed by atoms with E-state index in [0.717, 1.165) is 41.9 Å². The third-order valence-electron chi connectivity index (χ3n) is 5.04. The van der Waals surface area contributed by atoms with E-state index in [1.165, 1.54) is 0 Å². The molecule has 2 aromatic carbocycles. The Balaban J connectivity index is 1.65. The second kappa shape index (κ2) is 7.86. The average Bonchev–Trinajstić information content (AvgIpc) is 3.17. The van der Waals surface area contributed by atoms with E-state index < -0.39 is 0 Å². The monoisotopic (exact) mass is 375 g/mol. The summed E-state index contributed by atoms with van der Waals surface area (Å²) in [6.07, 6.45) is 0.927. The molecular formula is C22H25N5O. The van der Waals surface area contributed by atoms with E-state index in [0.29, 0.717) is 11.4 Å². The molecule has 4 N–H and O–H groups in total. The van der Waals surface area contributed by atoms with Gasteiger partial charge in [-0.1, -0.05) is 30.8 Å². The summed E-state index contributed by atoms with van der Waals surface area (Å²) in [4.78, 5) is 9.41. The summed E-state index contributed by atoms with van der Waals surface area (Å²) in [6, 6.07) is 15.5. The Morgan fingerprint density at radius 1 is 1.18 bits per heavy atom. The minimum absolute atomic E-state index is 0.174. The minimum atomic E-state index is 0.174. The highest BCUT2D eigenvalue weighted by atomic mass is 16.3. The molecule has 6 heteroatoms. The first-order valence-corrected chi connectivity index (χ1v) is 9.63. The molecule has 2 heterocycles. The molecule has 2 atom stereocenters. The molecule has 1 fully saturated rings. The van der Waals surface area contributed by atoms with Crippen LogP contribution < -0.4 is 16.0 Å². The second-order valence-corrected chi connectivity index (χ2v) is 7.02. The number of nitrogens with zero attached hydrogens (tertiary/aromatic N) is 2. The van der Waals surface area contributed by atoms with Gasteiger partial charge in [0.15, 0.2) is 5.82 Å². The molecule has 1 aromatic heterocycles. The van der Waals surface area contributed by atoms with E-state index in [2.05, 4.69) is 34.4 Å². The fraction of sp³-hybridized carbons (Fsp3) is 0.273. The van der Waals surface area contributed by atoms with Crippen LogP contribution >= 0.6 is 0 Å². The molecule has 0 bridgehead atoms. The quantitative estimate of drug-likeness (QED) is 0.529. The van der Waals surface area contributed by atoms with Crippen molar-refractivity contribution in [3.63, 3.8) is 0 Å². The van der Waals surface area contributed by atoms with Crippen LogP contribution in [-0.2, 0) is 0 Å². The third-order valence-corrected chi connectivity index (χ3v) is 5.04. The van der Waals surface area contributed by atoms with Crippen LogP contribution in [0.15, 0.2) is 60.8 Å². The van der Waals surface area contributed by atoms with Crippen molar-refractivity contribution in [3.05, 3.63) is 60.8 Å². The fourth-order valence-electron chi connectivity index (χ4n) is 3.62. The summed E-state index contributed by atoms with van der Waals surface area (Å²) in [5.41, 5.74) is 2.49. The molecule has 0 saturated carbocycles. The Hall–Kier alpha value is -3.12. The molecule has 0 spiro atoms. The number of likely N-dealkylation sites (N-methyl/N-ethyl adjacent to an activating group) is 1. The number of fused-ring (bicyclic) bond motifs is 1. The number of aromatic nitrogens is 2. The van der Waals surface area contributed by atoms with Gasteiger partial charge >= 0.3 is 0 Å². The zero-order chi connectivity index (χ0) is 19.5. The maximum atomic E-state index is 10.2. The minimum Gasteiger partial charge on any atom is -0.507 e. The van der Waals surface area contributed by atoms with Crippen molar-refractivity contribution in [3.8, 4) is 17.1 Å². The maximum absolute atomic E-state index is 10.2. The van der Waals surface area contributed by atoms with E-state index in [1.54, 1.807) is 12.1 Å². The number of hydrogen-bond donors (Lipinski definition) is 4. The van der Waals surface area contributed by atoms with Crippen LogP contribution in [0, 0.1) is 0 Å². The third kappa shape index (κ3) is 3.64. The summed E-state index contributed by atoms with van der Waals surface area (Å²) in [6.45, 7) is 7.90. The number of phenols is 1. The van der Waals surface area contributed by atoms with E-state index >= 15 is 0 Å². The molecule has 28 heavy (non-hydrogen) atoms. The largest absolute Gasteiger partial charge is 0.507 e. The van der Waals surface area contributed by atoms with Crippen molar-refractivity contribution >= 4 is 16.7 Å². The molecule has 0 radical (unpaired) electrons. The van der Waals surface area contributed by atoms with Gasteiger partial charge in [-0.25, -0.2) is 9.97 Å². The van der Waals surface area contributed by atoms with Crippen LogP contribution in [0.1, 0.15) is 13.3 Å². The highest BCUT2D eigenvalue weighted by Crippen LogP contribution is 2.30. The van der Waals surface area contributed by atoms with Gasteiger partial charge in [0.1, 0.15) is 11.6 Å². The van der Waals surface area contributed by atoms with E-state index in [-0.39, 0.29) is 17.8 Å². The van der Waals surface area contributed by atoms with Gasteiger partial charge in [0.25, 0.3) is 0 Å². The predicted molar refractivity (Wildman–Crippen MR) is 113 cm³/mol. The lowest BCUT2D eigenvalue weighted by atomic mass is 10.1. The van der Waals surface area contributed by atoms with Crippen molar-refractivity contribution in [2.45, 2.75) is 25.4 Å². The molecular weight excluding hydrogens is 350 g/mol. The smallest absolute Gasteiger partial charge is 0.165 e. The summed E-state index contributed by atoms with van der Waals surface area (Å²) >= 11 is 0. The first-order chi connectivity index (χ1) is 13.7. The van der Waals surface area contributed by atoms with Gasteiger partial charge in [0, 0.05) is 36.3 Å². The first kappa shape index (κ1) is 18.3. The van der Waals surface area contributed by atoms with Crippen LogP contribution in [0.2, 0.25) is 0 Å². The van der Waals surface area contributed by atoms with Gasteiger partial charge in [-0.15, -0.1) is 0 Å². The summed E-state index contributed by atoms with van der Waals surface area (Å²) in [5, 5.41) is 21.6. The lowest BCUT2D eigenvalue weighted by Gasteiger charge is -2.17. The number of phenolic OH excluding ortho intramolecular Hbond substituents is 1. The molecule has 4 rings (SSSR count). The highest BCUT2D eigenvalue weighted by Gasteiger charge is 2.26. The topological polar surface area (TPSA) is 82.1 Å². The van der Waals surface area contributed by atoms with E-state index in [4.69, 9.17) is 4.98 Å². The molecule has 0 aliphatic carbocycles. The molecule has 1 aliphatic heterocycles. The standard InChI is InChI=1S/C22H25N5O/c1-3-23-14(2)19-12-15(13-24-19)25-21-16-8-4-6-10-18(16)26-22(27-21)17-9-5-7-11-20(17)28/h4-11,15,19,23-24,28H,2-3,12-13H2,1H3,(H,25,26,27)/t15-,19+/m0/s1. The fourth-order valence-corrected chi connectivity index (χ4v) is 3.62. The van der Waals surface area contributed by atoms with Crippen molar-refractivity contribution < 1.29 is 5.11 Å². The van der Waals surface area contributed by atoms with Crippen LogP contribution in [-0.4, -0.2) is 40.2 Å². The first-order valence-electron chi connectivity index (χ1n) is 9.63. The summed E-state index contributed by atoms with van der Waals surface area (Å²) in [5.74, 6) is 1.47. The van der Waals surface area contributed by atoms with Gasteiger partial charge in [-0.2, -0.15) is 0 Å². The predicted octanol–water partition coefficient (Wildman–Crippen LogP) is 3.27. The summed E-state index contributed by atoms with van der Waals surface area (Å²) < 4.78 is 0. The van der Waals surface area contributed by atoms with Crippen molar-refractivity contribution in [2.24, 2.45) is 0 Å². The Kier molecular flexibility index (Phi) is 5.12. The summed E-state index contributed by atoms with van der Waals surface area (Å²) in [7, 11) is 0. The van der Waals surface area contributed by atoms with Gasteiger partial charge in [0.05, 0.1) is 11.1 Å². The number of hydrogen-bond acceptors (Lipinski definition) is 6. The second-order valence-electron chi connectivity index (χ2n) is 7.02. The normalized spacial score (nSPS) is 18.9. The van der Waals surface area contributed by atoms with Gasteiger partial charge in [0.2, 0.25) is 0 Å². The van der Waals surface area contributed by atoms with Crippen LogP contribution in [0.5, 0.6) is 5.75 Å². The van der Waals surface area contributed by atoms with Crippen molar-refractivity contribution in [1.29, 1.82) is 0 Å². The SMILES string of the molecule is C=C(NCC)[C@H]1C[C@H](Nc2nc(-c3ccccc3O)nc3ccccc23)CN1. The maximum Gasteiger partial charge on any atom is 0.165 e. The molecule has 0 unspecified atom stereocenters. The van der Waals surface area contributed by atoms with E-state index in [1.807, 2.05) is 36.4 Å². The molecule has 0 amide bonds. The van der Waals surface area contributed by atoms with Gasteiger partial charge in [-0.3, -0.25) is 0 Å². The van der Waals surface area contributed by atoms with E-state index in [9.17, 15) is 5.11 Å². The lowest BCUT2D eigenvalue weighted by molar-refractivity contribution is 0.477. The number of anilines is 1. The Labute approximate surface area is 164 Å². The van der Waals surface area contributed by atoms with Crippen LogP contribution in [0.4, 0.5) is 5.82 Å². The van der Waals surface area contributed by atoms with Crippen LogP contribution in [0.3, 0.4) is 0 Å². The average molecular weight is 375 g/mol.